The van der Waals surface area contributed by atoms with Crippen LogP contribution in [0.4, 0.5) is 0 Å². The smallest absolute Gasteiger partial charge is 0.0459 e. The summed E-state index contributed by atoms with van der Waals surface area (Å²) in [5.41, 5.74) is 0. The fraction of sp³-hybridized carbons (Fsp3) is 1.00. The molecule has 3 atom stereocenters. The summed E-state index contributed by atoms with van der Waals surface area (Å²) >= 11 is 0. The van der Waals surface area contributed by atoms with Crippen LogP contribution in [0.5, 0.6) is 0 Å². The van der Waals surface area contributed by atoms with E-state index in [0.29, 0.717) is 12.5 Å². The highest BCUT2D eigenvalue weighted by atomic mass is 16.3. The van der Waals surface area contributed by atoms with Crippen LogP contribution in [0.1, 0.15) is 12.8 Å². The van der Waals surface area contributed by atoms with Gasteiger partial charge in [0.15, 0.2) is 0 Å². The molecule has 2 fully saturated rings. The number of aliphatic hydroxyl groups is 1. The summed E-state index contributed by atoms with van der Waals surface area (Å²) in [4.78, 5) is 0. The van der Waals surface area contributed by atoms with Crippen molar-refractivity contribution in [1.82, 2.24) is 5.32 Å². The van der Waals surface area contributed by atoms with Crippen molar-refractivity contribution in [3.8, 4) is 0 Å². The van der Waals surface area contributed by atoms with Crippen LogP contribution in [0.15, 0.2) is 0 Å². The Morgan fingerprint density at radius 3 is 2.30 bits per heavy atom. The van der Waals surface area contributed by atoms with E-state index in [1.165, 1.54) is 25.9 Å². The quantitative estimate of drug-likeness (QED) is 0.547. The average Bonchev–Trinajstić information content (AvgIpc) is 2.42. The third-order valence-corrected chi connectivity index (χ3v) is 3.01. The summed E-state index contributed by atoms with van der Waals surface area (Å²) in [5.74, 6) is 2.39. The molecule has 2 nitrogen and oxygen atoms in total. The van der Waals surface area contributed by atoms with Crippen molar-refractivity contribution in [1.29, 1.82) is 0 Å². The van der Waals surface area contributed by atoms with Gasteiger partial charge in [-0.1, -0.05) is 0 Å². The summed E-state index contributed by atoms with van der Waals surface area (Å²) in [6.45, 7) is 2.80. The SMILES string of the molecule is OCC1C[C@H]2CNC[C@H]2C1. The molecule has 1 unspecified atom stereocenters. The summed E-state index contributed by atoms with van der Waals surface area (Å²) in [7, 11) is 0. The molecule has 0 bridgehead atoms. The number of fused-ring (bicyclic) bond motifs is 1. The monoisotopic (exact) mass is 141 g/mol. The standard InChI is InChI=1S/C8H15NO/c10-5-6-1-7-3-9-4-8(7)2-6/h6-10H,1-5H2/t6?,7-,8+. The molecule has 0 amide bonds. The van der Waals surface area contributed by atoms with Crippen molar-refractivity contribution in [2.75, 3.05) is 19.7 Å². The highest BCUT2D eigenvalue weighted by molar-refractivity contribution is 4.89. The minimum atomic E-state index is 0.410. The van der Waals surface area contributed by atoms with E-state index in [1.54, 1.807) is 0 Å². The molecule has 10 heavy (non-hydrogen) atoms. The predicted molar refractivity (Wildman–Crippen MR) is 39.7 cm³/mol. The molecule has 0 aromatic carbocycles. The minimum absolute atomic E-state index is 0.410. The second-order valence-electron chi connectivity index (χ2n) is 3.70. The molecule has 58 valence electrons. The molecule has 2 heteroatoms. The maximum absolute atomic E-state index is 8.90. The Balaban J connectivity index is 1.94. The zero-order chi connectivity index (χ0) is 6.97. The zero-order valence-corrected chi connectivity index (χ0v) is 6.21. The van der Waals surface area contributed by atoms with E-state index in [-0.39, 0.29) is 0 Å². The molecule has 2 aliphatic rings. The lowest BCUT2D eigenvalue weighted by Gasteiger charge is -2.05. The molecular weight excluding hydrogens is 126 g/mol. The average molecular weight is 141 g/mol. The predicted octanol–water partition coefficient (Wildman–Crippen LogP) is 0.224. The van der Waals surface area contributed by atoms with Crippen LogP contribution in [0.3, 0.4) is 0 Å². The molecule has 1 aliphatic carbocycles. The van der Waals surface area contributed by atoms with Gasteiger partial charge < -0.3 is 10.4 Å². The van der Waals surface area contributed by atoms with Gasteiger partial charge in [0.25, 0.3) is 0 Å². The van der Waals surface area contributed by atoms with Crippen LogP contribution < -0.4 is 5.32 Å². The Morgan fingerprint density at radius 2 is 1.80 bits per heavy atom. The van der Waals surface area contributed by atoms with Crippen LogP contribution in [-0.4, -0.2) is 24.8 Å². The number of rotatable bonds is 1. The highest BCUT2D eigenvalue weighted by Gasteiger charge is 2.36. The van der Waals surface area contributed by atoms with E-state index < -0.39 is 0 Å². The van der Waals surface area contributed by atoms with Crippen molar-refractivity contribution in [2.24, 2.45) is 17.8 Å². The fourth-order valence-corrected chi connectivity index (χ4v) is 2.44. The van der Waals surface area contributed by atoms with E-state index in [2.05, 4.69) is 5.32 Å². The van der Waals surface area contributed by atoms with Gasteiger partial charge in [-0.2, -0.15) is 0 Å². The molecule has 1 heterocycles. The van der Waals surface area contributed by atoms with Gasteiger partial charge in [0, 0.05) is 6.61 Å². The van der Waals surface area contributed by atoms with Crippen molar-refractivity contribution in [3.05, 3.63) is 0 Å². The van der Waals surface area contributed by atoms with Crippen molar-refractivity contribution in [2.45, 2.75) is 12.8 Å². The second-order valence-corrected chi connectivity index (χ2v) is 3.70. The summed E-state index contributed by atoms with van der Waals surface area (Å²) in [6, 6.07) is 0. The molecule has 0 radical (unpaired) electrons. The van der Waals surface area contributed by atoms with E-state index in [4.69, 9.17) is 5.11 Å². The van der Waals surface area contributed by atoms with Gasteiger partial charge in [0.05, 0.1) is 0 Å². The zero-order valence-electron chi connectivity index (χ0n) is 6.21. The molecule has 1 saturated carbocycles. The van der Waals surface area contributed by atoms with Crippen molar-refractivity contribution < 1.29 is 5.11 Å². The minimum Gasteiger partial charge on any atom is -0.396 e. The first-order chi connectivity index (χ1) is 4.90. The Hall–Kier alpha value is -0.0800. The van der Waals surface area contributed by atoms with E-state index in [1.807, 2.05) is 0 Å². The summed E-state index contributed by atoms with van der Waals surface area (Å²) < 4.78 is 0. The molecule has 0 aromatic rings. The van der Waals surface area contributed by atoms with Gasteiger partial charge in [0.2, 0.25) is 0 Å². The van der Waals surface area contributed by atoms with E-state index >= 15 is 0 Å². The van der Waals surface area contributed by atoms with Crippen molar-refractivity contribution >= 4 is 0 Å². The lowest BCUT2D eigenvalue weighted by atomic mass is 10.0. The largest absolute Gasteiger partial charge is 0.396 e. The Kier molecular flexibility index (Phi) is 1.66. The van der Waals surface area contributed by atoms with Gasteiger partial charge in [0.1, 0.15) is 0 Å². The first-order valence-corrected chi connectivity index (χ1v) is 4.21. The highest BCUT2D eigenvalue weighted by Crippen LogP contribution is 2.37. The number of hydrogen-bond donors (Lipinski definition) is 2. The molecule has 2 rings (SSSR count). The third kappa shape index (κ3) is 0.956. The van der Waals surface area contributed by atoms with Crippen LogP contribution in [0.2, 0.25) is 0 Å². The second kappa shape index (κ2) is 2.51. The number of nitrogens with one attached hydrogen (secondary N) is 1. The topological polar surface area (TPSA) is 32.3 Å². The van der Waals surface area contributed by atoms with Crippen LogP contribution in [0, 0.1) is 17.8 Å². The molecule has 2 N–H and O–H groups in total. The fourth-order valence-electron chi connectivity index (χ4n) is 2.44. The normalized spacial score (nSPS) is 45.9. The molecule has 0 aromatic heterocycles. The number of aliphatic hydroxyl groups excluding tert-OH is 1. The Morgan fingerprint density at radius 1 is 1.20 bits per heavy atom. The summed E-state index contributed by atoms with van der Waals surface area (Å²) in [6.07, 6.45) is 2.52. The number of hydrogen-bond acceptors (Lipinski definition) is 2. The first-order valence-electron chi connectivity index (χ1n) is 4.21. The van der Waals surface area contributed by atoms with Gasteiger partial charge in [-0.15, -0.1) is 0 Å². The molecule has 1 saturated heterocycles. The van der Waals surface area contributed by atoms with Gasteiger partial charge in [-0.25, -0.2) is 0 Å². The lowest BCUT2D eigenvalue weighted by molar-refractivity contribution is 0.223. The maximum Gasteiger partial charge on any atom is 0.0459 e. The van der Waals surface area contributed by atoms with Crippen LogP contribution in [0.25, 0.3) is 0 Å². The van der Waals surface area contributed by atoms with Gasteiger partial charge >= 0.3 is 0 Å². The molecular formula is C8H15NO. The van der Waals surface area contributed by atoms with Crippen LogP contribution >= 0.6 is 0 Å². The molecule has 0 spiro atoms. The van der Waals surface area contributed by atoms with Crippen molar-refractivity contribution in [3.63, 3.8) is 0 Å². The summed E-state index contributed by atoms with van der Waals surface area (Å²) in [5, 5.41) is 12.3. The van der Waals surface area contributed by atoms with E-state index in [9.17, 15) is 0 Å². The third-order valence-electron chi connectivity index (χ3n) is 3.01. The lowest BCUT2D eigenvalue weighted by Crippen LogP contribution is -2.13. The first kappa shape index (κ1) is 6.62. The van der Waals surface area contributed by atoms with E-state index in [0.717, 1.165) is 11.8 Å². The maximum atomic E-state index is 8.90. The van der Waals surface area contributed by atoms with Gasteiger partial charge in [-0.3, -0.25) is 0 Å². The Labute approximate surface area is 61.6 Å². The molecule has 1 aliphatic heterocycles. The van der Waals surface area contributed by atoms with Gasteiger partial charge in [-0.05, 0) is 43.7 Å². The van der Waals surface area contributed by atoms with Crippen LogP contribution in [-0.2, 0) is 0 Å². The Bertz CT molecular complexity index is 114.